The van der Waals surface area contributed by atoms with E-state index in [0.717, 1.165) is 4.47 Å². The minimum absolute atomic E-state index is 0.121. The molecule has 1 aliphatic rings. The van der Waals surface area contributed by atoms with Gasteiger partial charge in [0.25, 0.3) is 0 Å². The van der Waals surface area contributed by atoms with E-state index in [9.17, 15) is 0 Å². The molecular weight excluding hydrogens is 264 g/mol. The van der Waals surface area contributed by atoms with Crippen molar-refractivity contribution >= 4 is 21.6 Å². The molecule has 3 N–H and O–H groups in total. The Labute approximate surface area is 106 Å². The molecule has 2 rings (SSSR count). The lowest BCUT2D eigenvalue weighted by Gasteiger charge is -2.30. The van der Waals surface area contributed by atoms with Gasteiger partial charge in [0.2, 0.25) is 0 Å². The Morgan fingerprint density at radius 3 is 2.69 bits per heavy atom. The fourth-order valence-electron chi connectivity index (χ4n) is 2.45. The summed E-state index contributed by atoms with van der Waals surface area (Å²) in [5.41, 5.74) is 8.50. The summed E-state index contributed by atoms with van der Waals surface area (Å²) in [5.74, 6) is 0. The molecule has 88 valence electrons. The quantitative estimate of drug-likeness (QED) is 0.891. The van der Waals surface area contributed by atoms with Gasteiger partial charge < -0.3 is 11.1 Å². The van der Waals surface area contributed by atoms with Crippen LogP contribution in [0.25, 0.3) is 0 Å². The second-order valence-electron chi connectivity index (χ2n) is 4.80. The predicted octanol–water partition coefficient (Wildman–Crippen LogP) is 3.44. The molecule has 1 aliphatic carbocycles. The molecule has 0 aliphatic heterocycles. The van der Waals surface area contributed by atoms with Gasteiger partial charge in [0.1, 0.15) is 0 Å². The summed E-state index contributed by atoms with van der Waals surface area (Å²) >= 11 is 3.59. The van der Waals surface area contributed by atoms with Crippen LogP contribution in [0, 0.1) is 6.92 Å². The number of hydrogen-bond donors (Lipinski definition) is 2. The molecule has 2 nitrogen and oxygen atoms in total. The highest BCUT2D eigenvalue weighted by atomic mass is 79.9. The van der Waals surface area contributed by atoms with Crippen LogP contribution in [0.2, 0.25) is 0 Å². The van der Waals surface area contributed by atoms with E-state index in [-0.39, 0.29) is 5.54 Å². The van der Waals surface area contributed by atoms with Gasteiger partial charge >= 0.3 is 0 Å². The van der Waals surface area contributed by atoms with Crippen LogP contribution in [0.3, 0.4) is 0 Å². The average Bonchev–Trinajstić information content (AvgIpc) is 2.73. The normalized spacial score (nSPS) is 18.7. The Morgan fingerprint density at radius 2 is 2.06 bits per heavy atom. The minimum Gasteiger partial charge on any atom is -0.377 e. The molecule has 0 heterocycles. The molecule has 0 unspecified atom stereocenters. The van der Waals surface area contributed by atoms with E-state index in [1.54, 1.807) is 0 Å². The number of aryl methyl sites for hydroxylation is 1. The predicted molar refractivity (Wildman–Crippen MR) is 72.8 cm³/mol. The lowest BCUT2D eigenvalue weighted by molar-refractivity contribution is 0.493. The van der Waals surface area contributed by atoms with Gasteiger partial charge in [-0.2, -0.15) is 0 Å². The lowest BCUT2D eigenvalue weighted by atomic mass is 9.97. The lowest BCUT2D eigenvalue weighted by Crippen LogP contribution is -2.42. The molecule has 0 aromatic heterocycles. The van der Waals surface area contributed by atoms with Crippen LogP contribution < -0.4 is 11.1 Å². The maximum Gasteiger partial charge on any atom is 0.0496 e. The van der Waals surface area contributed by atoms with E-state index in [1.807, 2.05) is 0 Å². The zero-order valence-electron chi connectivity index (χ0n) is 9.72. The molecule has 0 spiro atoms. The minimum atomic E-state index is 0.121. The fourth-order valence-corrected chi connectivity index (χ4v) is 2.80. The largest absolute Gasteiger partial charge is 0.377 e. The molecule has 1 aromatic rings. The van der Waals surface area contributed by atoms with Crippen LogP contribution in [0.4, 0.5) is 5.69 Å². The maximum atomic E-state index is 5.93. The third-order valence-corrected chi connectivity index (χ3v) is 4.16. The highest BCUT2D eigenvalue weighted by molar-refractivity contribution is 9.10. The van der Waals surface area contributed by atoms with Crippen LogP contribution >= 0.6 is 15.9 Å². The summed E-state index contributed by atoms with van der Waals surface area (Å²) in [7, 11) is 0. The van der Waals surface area contributed by atoms with Gasteiger partial charge in [0, 0.05) is 22.2 Å². The van der Waals surface area contributed by atoms with Crippen molar-refractivity contribution < 1.29 is 0 Å². The number of hydrogen-bond acceptors (Lipinski definition) is 2. The van der Waals surface area contributed by atoms with Crippen molar-refractivity contribution in [2.75, 3.05) is 11.9 Å². The first kappa shape index (κ1) is 11.9. The Bertz CT molecular complexity index is 370. The van der Waals surface area contributed by atoms with Gasteiger partial charge in [-0.25, -0.2) is 0 Å². The first-order chi connectivity index (χ1) is 7.65. The first-order valence-corrected chi connectivity index (χ1v) is 6.69. The molecule has 0 saturated heterocycles. The van der Waals surface area contributed by atoms with E-state index >= 15 is 0 Å². The molecule has 0 bridgehead atoms. The number of anilines is 1. The molecule has 1 saturated carbocycles. The van der Waals surface area contributed by atoms with E-state index in [1.165, 1.54) is 36.9 Å². The second kappa shape index (κ2) is 4.76. The zero-order chi connectivity index (χ0) is 11.6. The van der Waals surface area contributed by atoms with Gasteiger partial charge in [-0.3, -0.25) is 0 Å². The molecule has 1 fully saturated rings. The monoisotopic (exact) mass is 282 g/mol. The van der Waals surface area contributed by atoms with Crippen LogP contribution in [0.15, 0.2) is 22.7 Å². The van der Waals surface area contributed by atoms with Crippen molar-refractivity contribution in [3.05, 3.63) is 28.2 Å². The molecule has 16 heavy (non-hydrogen) atoms. The van der Waals surface area contributed by atoms with Gasteiger partial charge in [-0.1, -0.05) is 18.9 Å². The maximum absolute atomic E-state index is 5.93. The highest BCUT2D eigenvalue weighted by Gasteiger charge is 2.32. The Balaban J connectivity index is 2.21. The summed E-state index contributed by atoms with van der Waals surface area (Å²) in [5, 5.41) is 3.64. The topological polar surface area (TPSA) is 38.0 Å². The number of rotatable bonds is 3. The molecule has 0 atom stereocenters. The van der Waals surface area contributed by atoms with Crippen molar-refractivity contribution in [2.24, 2.45) is 5.73 Å². The van der Waals surface area contributed by atoms with Crippen molar-refractivity contribution in [2.45, 2.75) is 38.1 Å². The third kappa shape index (κ3) is 2.41. The molecule has 0 radical (unpaired) electrons. The Hall–Kier alpha value is -0.540. The average molecular weight is 283 g/mol. The third-order valence-electron chi connectivity index (χ3n) is 3.47. The molecule has 1 aromatic carbocycles. The van der Waals surface area contributed by atoms with Crippen molar-refractivity contribution in [1.29, 1.82) is 0 Å². The summed E-state index contributed by atoms with van der Waals surface area (Å²) in [6.07, 6.45) is 4.94. The van der Waals surface area contributed by atoms with E-state index in [2.05, 4.69) is 46.4 Å². The smallest absolute Gasteiger partial charge is 0.0496 e. The Kier molecular flexibility index (Phi) is 3.55. The van der Waals surface area contributed by atoms with Crippen LogP contribution in [-0.2, 0) is 0 Å². The number of nitrogens with two attached hydrogens (primary N) is 1. The summed E-state index contributed by atoms with van der Waals surface area (Å²) in [4.78, 5) is 0. The summed E-state index contributed by atoms with van der Waals surface area (Å²) in [6.45, 7) is 2.83. The van der Waals surface area contributed by atoms with E-state index in [0.29, 0.717) is 6.54 Å². The van der Waals surface area contributed by atoms with Crippen molar-refractivity contribution in [1.82, 2.24) is 0 Å². The van der Waals surface area contributed by atoms with Gasteiger partial charge in [0.15, 0.2) is 0 Å². The van der Waals surface area contributed by atoms with Crippen LogP contribution in [0.1, 0.15) is 31.2 Å². The molecule has 0 amide bonds. The van der Waals surface area contributed by atoms with Crippen LogP contribution in [-0.4, -0.2) is 12.1 Å². The zero-order valence-corrected chi connectivity index (χ0v) is 11.3. The van der Waals surface area contributed by atoms with E-state index < -0.39 is 0 Å². The van der Waals surface area contributed by atoms with Crippen LogP contribution in [0.5, 0.6) is 0 Å². The second-order valence-corrected chi connectivity index (χ2v) is 5.65. The SMILES string of the molecule is Cc1ccc(Br)c(NC2(CN)CCCC2)c1. The number of halogens is 1. The first-order valence-electron chi connectivity index (χ1n) is 5.90. The van der Waals surface area contributed by atoms with Crippen molar-refractivity contribution in [3.63, 3.8) is 0 Å². The van der Waals surface area contributed by atoms with Gasteiger partial charge in [0.05, 0.1) is 0 Å². The Morgan fingerprint density at radius 1 is 1.38 bits per heavy atom. The van der Waals surface area contributed by atoms with Gasteiger partial charge in [-0.15, -0.1) is 0 Å². The fraction of sp³-hybridized carbons (Fsp3) is 0.538. The van der Waals surface area contributed by atoms with E-state index in [4.69, 9.17) is 5.73 Å². The summed E-state index contributed by atoms with van der Waals surface area (Å²) in [6, 6.07) is 6.38. The standard InChI is InChI=1S/C13H19BrN2/c1-10-4-5-11(14)12(8-10)16-13(9-15)6-2-3-7-13/h4-5,8,16H,2-3,6-7,9,15H2,1H3. The molecule has 3 heteroatoms. The van der Waals surface area contributed by atoms with Crippen molar-refractivity contribution in [3.8, 4) is 0 Å². The number of nitrogens with one attached hydrogen (secondary N) is 1. The molecular formula is C13H19BrN2. The van der Waals surface area contributed by atoms with Gasteiger partial charge in [-0.05, 0) is 53.4 Å². The summed E-state index contributed by atoms with van der Waals surface area (Å²) < 4.78 is 1.12. The highest BCUT2D eigenvalue weighted by Crippen LogP contribution is 2.35. The number of benzene rings is 1.